The molecule has 7 heteroatoms. The predicted octanol–water partition coefficient (Wildman–Crippen LogP) is 6.86. The molecule has 0 aliphatic carbocycles. The Hall–Kier alpha value is -1.92. The fraction of sp³-hybridized carbons (Fsp3) is 0.500. The van der Waals surface area contributed by atoms with E-state index in [2.05, 4.69) is 11.9 Å². The van der Waals surface area contributed by atoms with Crippen LogP contribution in [0.1, 0.15) is 78.3 Å². The first-order valence-corrected chi connectivity index (χ1v) is 11.3. The van der Waals surface area contributed by atoms with Gasteiger partial charge >= 0.3 is 6.18 Å². The molecule has 0 N–H and O–H groups in total. The highest BCUT2D eigenvalue weighted by Crippen LogP contribution is 2.34. The van der Waals surface area contributed by atoms with E-state index >= 15 is 0 Å². The molecule has 1 aliphatic rings. The Morgan fingerprint density at radius 3 is 2.65 bits per heavy atom. The van der Waals surface area contributed by atoms with Crippen molar-refractivity contribution >= 4 is 17.4 Å². The summed E-state index contributed by atoms with van der Waals surface area (Å²) in [6.07, 6.45) is 2.16. The van der Waals surface area contributed by atoms with Gasteiger partial charge in [0.2, 0.25) is 0 Å². The van der Waals surface area contributed by atoms with Crippen molar-refractivity contribution in [3.8, 4) is 0 Å². The highest BCUT2D eigenvalue weighted by atomic mass is 35.5. The molecule has 0 bridgehead atoms. The van der Waals surface area contributed by atoms with E-state index in [-0.39, 0.29) is 17.9 Å². The number of carbonyl (C=O) groups excluding carboxylic acids is 1. The van der Waals surface area contributed by atoms with Crippen LogP contribution in [0.5, 0.6) is 0 Å². The molecule has 0 fully saturated rings. The fourth-order valence-electron chi connectivity index (χ4n) is 3.99. The summed E-state index contributed by atoms with van der Waals surface area (Å²) in [6, 6.07) is 7.34. The van der Waals surface area contributed by atoms with Crippen LogP contribution in [-0.4, -0.2) is 22.2 Å². The monoisotopic (exact) mass is 452 g/mol. The van der Waals surface area contributed by atoms with Crippen molar-refractivity contribution in [3.63, 3.8) is 0 Å². The molecule has 0 saturated carbocycles. The average molecular weight is 453 g/mol. The van der Waals surface area contributed by atoms with Gasteiger partial charge in [-0.1, -0.05) is 50.3 Å². The quantitative estimate of drug-likeness (QED) is 0.308. The van der Waals surface area contributed by atoms with Crippen molar-refractivity contribution in [1.82, 2.24) is 9.88 Å². The number of benzene rings is 1. The maximum atomic E-state index is 13.3. The molecule has 2 heterocycles. The number of hydrogen-bond donors (Lipinski definition) is 0. The number of hydrogen-bond acceptors (Lipinski definition) is 3. The summed E-state index contributed by atoms with van der Waals surface area (Å²) in [5.41, 5.74) is 1.85. The molecule has 0 amide bonds. The number of fused-ring (bicyclic) bond motifs is 1. The third-order valence-electron chi connectivity index (χ3n) is 5.69. The predicted molar refractivity (Wildman–Crippen MR) is 116 cm³/mol. The number of halogens is 4. The van der Waals surface area contributed by atoms with Crippen LogP contribution in [0, 0.1) is 0 Å². The normalized spacial score (nSPS) is 14.5. The molecule has 0 radical (unpaired) electrons. The topological polar surface area (TPSA) is 33.2 Å². The summed E-state index contributed by atoms with van der Waals surface area (Å²) in [5, 5.41) is 0.292. The molecule has 3 nitrogen and oxygen atoms in total. The van der Waals surface area contributed by atoms with Crippen LogP contribution in [0.4, 0.5) is 13.2 Å². The molecule has 0 atom stereocenters. The second-order valence-corrected chi connectivity index (χ2v) is 8.59. The lowest BCUT2D eigenvalue weighted by molar-refractivity contribution is -0.138. The van der Waals surface area contributed by atoms with Crippen LogP contribution in [-0.2, 0) is 25.7 Å². The third kappa shape index (κ3) is 6.53. The molecular formula is C24H28ClF3N2O. The van der Waals surface area contributed by atoms with Gasteiger partial charge in [0.05, 0.1) is 5.56 Å². The maximum absolute atomic E-state index is 13.3. The minimum atomic E-state index is -4.42. The fourth-order valence-corrected chi connectivity index (χ4v) is 4.19. The average Bonchev–Trinajstić information content (AvgIpc) is 2.72. The SMILES string of the molecule is CCCCCCCC(=O)c1ccc2c(n1)CCN(Cc1cc(Cl)ccc1C(F)(F)F)C2. The van der Waals surface area contributed by atoms with E-state index in [1.165, 1.54) is 25.0 Å². The molecule has 0 saturated heterocycles. The number of Topliss-reactive ketones (excluding diaryl/α,β-unsaturated/α-hetero) is 1. The van der Waals surface area contributed by atoms with E-state index in [4.69, 9.17) is 11.6 Å². The molecule has 1 aromatic carbocycles. The van der Waals surface area contributed by atoms with Gasteiger partial charge in [0.1, 0.15) is 5.69 Å². The van der Waals surface area contributed by atoms with Gasteiger partial charge in [-0.25, -0.2) is 4.98 Å². The Bertz CT molecular complexity index is 914. The minimum Gasteiger partial charge on any atom is -0.294 e. The molecular weight excluding hydrogens is 425 g/mol. The number of unbranched alkanes of at least 4 members (excludes halogenated alkanes) is 4. The lowest BCUT2D eigenvalue weighted by Gasteiger charge is -2.29. The summed E-state index contributed by atoms with van der Waals surface area (Å²) in [7, 11) is 0. The van der Waals surface area contributed by atoms with Gasteiger partial charge in [-0.2, -0.15) is 13.2 Å². The van der Waals surface area contributed by atoms with E-state index < -0.39 is 11.7 Å². The molecule has 0 unspecified atom stereocenters. The highest BCUT2D eigenvalue weighted by molar-refractivity contribution is 6.30. The van der Waals surface area contributed by atoms with Crippen molar-refractivity contribution in [2.24, 2.45) is 0 Å². The number of rotatable bonds is 9. The number of alkyl halides is 3. The number of nitrogens with zero attached hydrogens (tertiary/aromatic N) is 2. The minimum absolute atomic E-state index is 0.0653. The zero-order valence-electron chi connectivity index (χ0n) is 17.8. The smallest absolute Gasteiger partial charge is 0.294 e. The number of aromatic nitrogens is 1. The van der Waals surface area contributed by atoms with Crippen molar-refractivity contribution in [2.45, 2.75) is 71.1 Å². The molecule has 1 aliphatic heterocycles. The number of ketones is 1. The van der Waals surface area contributed by atoms with E-state index in [1.54, 1.807) is 6.07 Å². The van der Waals surface area contributed by atoms with E-state index in [0.717, 1.165) is 36.6 Å². The van der Waals surface area contributed by atoms with Crippen LogP contribution in [0.15, 0.2) is 30.3 Å². The van der Waals surface area contributed by atoms with Gasteiger partial charge in [-0.15, -0.1) is 0 Å². The lowest BCUT2D eigenvalue weighted by atomic mass is 10.0. The molecule has 0 spiro atoms. The molecule has 2 aromatic rings. The number of carbonyl (C=O) groups is 1. The Labute approximate surface area is 186 Å². The van der Waals surface area contributed by atoms with E-state index in [0.29, 0.717) is 36.6 Å². The highest BCUT2D eigenvalue weighted by Gasteiger charge is 2.34. The standard InChI is InChI=1S/C24H28ClF3N2O/c1-2-3-4-5-6-7-23(31)22-11-8-17-15-30(13-12-21(17)29-22)16-18-14-19(25)9-10-20(18)24(26,27)28/h8-11,14H,2-7,12-13,15-16H2,1H3. The number of pyridine rings is 1. The van der Waals surface area contributed by atoms with Gasteiger partial charge in [0.25, 0.3) is 0 Å². The van der Waals surface area contributed by atoms with Gasteiger partial charge in [0.15, 0.2) is 5.78 Å². The van der Waals surface area contributed by atoms with Crippen molar-refractivity contribution in [1.29, 1.82) is 0 Å². The Kier molecular flexibility index (Phi) is 8.11. The second kappa shape index (κ2) is 10.6. The zero-order valence-corrected chi connectivity index (χ0v) is 18.5. The summed E-state index contributed by atoms with van der Waals surface area (Å²) >= 11 is 5.95. The van der Waals surface area contributed by atoms with Crippen molar-refractivity contribution in [3.05, 3.63) is 63.4 Å². The van der Waals surface area contributed by atoms with Crippen molar-refractivity contribution < 1.29 is 18.0 Å². The first-order chi connectivity index (χ1) is 14.8. The van der Waals surface area contributed by atoms with Crippen LogP contribution in [0.2, 0.25) is 5.02 Å². The summed E-state index contributed by atoms with van der Waals surface area (Å²) in [5.74, 6) is 0.0653. The van der Waals surface area contributed by atoms with Gasteiger partial charge in [-0.05, 0) is 41.8 Å². The molecule has 168 valence electrons. The first-order valence-electron chi connectivity index (χ1n) is 10.9. The Morgan fingerprint density at radius 2 is 1.90 bits per heavy atom. The van der Waals surface area contributed by atoms with Crippen LogP contribution in [0.25, 0.3) is 0 Å². The lowest BCUT2D eigenvalue weighted by Crippen LogP contribution is -2.31. The van der Waals surface area contributed by atoms with Crippen LogP contribution in [0.3, 0.4) is 0 Å². The summed E-state index contributed by atoms with van der Waals surface area (Å²) in [4.78, 5) is 19.0. The van der Waals surface area contributed by atoms with Gasteiger partial charge in [-0.3, -0.25) is 9.69 Å². The Morgan fingerprint density at radius 1 is 1.13 bits per heavy atom. The van der Waals surface area contributed by atoms with E-state index in [9.17, 15) is 18.0 Å². The van der Waals surface area contributed by atoms with Gasteiger partial charge < -0.3 is 0 Å². The largest absolute Gasteiger partial charge is 0.416 e. The van der Waals surface area contributed by atoms with Crippen LogP contribution >= 0.6 is 11.6 Å². The van der Waals surface area contributed by atoms with Crippen LogP contribution < -0.4 is 0 Å². The first kappa shape index (κ1) is 23.7. The molecule has 3 rings (SSSR count). The molecule has 31 heavy (non-hydrogen) atoms. The third-order valence-corrected chi connectivity index (χ3v) is 5.92. The zero-order chi connectivity index (χ0) is 22.4. The Balaban J connectivity index is 1.63. The van der Waals surface area contributed by atoms with E-state index in [1.807, 2.05) is 11.0 Å². The second-order valence-electron chi connectivity index (χ2n) is 8.15. The molecule has 1 aromatic heterocycles. The maximum Gasteiger partial charge on any atom is 0.416 e. The van der Waals surface area contributed by atoms with Crippen molar-refractivity contribution in [2.75, 3.05) is 6.54 Å². The summed E-state index contributed by atoms with van der Waals surface area (Å²) in [6.45, 7) is 3.40. The van der Waals surface area contributed by atoms with Gasteiger partial charge in [0, 0.05) is 43.2 Å². The summed E-state index contributed by atoms with van der Waals surface area (Å²) < 4.78 is 40.0.